The Balaban J connectivity index is 1.88. The number of carbonyl (C=O) groups excluding carboxylic acids is 1. The predicted molar refractivity (Wildman–Crippen MR) is 93.6 cm³/mol. The number of rotatable bonds is 2. The van der Waals surface area contributed by atoms with Gasteiger partial charge < -0.3 is 15.2 Å². The number of hydrogen-bond acceptors (Lipinski definition) is 3. The van der Waals surface area contributed by atoms with Crippen LogP contribution in [-0.4, -0.2) is 5.97 Å². The Morgan fingerprint density at radius 3 is 2.67 bits per heavy atom. The summed E-state index contributed by atoms with van der Waals surface area (Å²) in [5, 5.41) is 15.9. The van der Waals surface area contributed by atoms with Crippen molar-refractivity contribution in [2.45, 2.75) is 18.4 Å². The quantitative estimate of drug-likeness (QED) is 0.819. The lowest BCUT2D eigenvalue weighted by Gasteiger charge is -2.39. The molecule has 1 aliphatic heterocycles. The van der Waals surface area contributed by atoms with Crippen LogP contribution in [0.2, 0.25) is 10.0 Å². The van der Waals surface area contributed by atoms with E-state index in [9.17, 15) is 9.90 Å². The Kier molecular flexibility index (Phi) is 3.78. The van der Waals surface area contributed by atoms with Gasteiger partial charge in [-0.25, -0.2) is 0 Å². The monoisotopic (exact) mass is 358 g/mol. The van der Waals surface area contributed by atoms with Gasteiger partial charge in [0.1, 0.15) is 0 Å². The molecule has 3 nitrogen and oxygen atoms in total. The zero-order valence-electron chi connectivity index (χ0n) is 12.6. The minimum atomic E-state index is -1.18. The number of para-hydroxylation sites is 1. The van der Waals surface area contributed by atoms with Crippen molar-refractivity contribution in [3.05, 3.63) is 75.3 Å². The Bertz CT molecular complexity index is 862. The van der Waals surface area contributed by atoms with Gasteiger partial charge in [0.25, 0.3) is 0 Å². The molecule has 2 aliphatic rings. The molecule has 0 aromatic heterocycles. The first-order chi connectivity index (χ1) is 11.6. The Labute approximate surface area is 149 Å². The average molecular weight is 359 g/mol. The first-order valence-corrected chi connectivity index (χ1v) is 8.55. The van der Waals surface area contributed by atoms with Crippen LogP contribution in [-0.2, 0) is 0 Å². The number of carboxylic acid groups (broad SMARTS) is 1. The molecular formula is C19H14Cl2NO2-. The molecule has 3 atom stereocenters. The van der Waals surface area contributed by atoms with Crippen molar-refractivity contribution >= 4 is 34.9 Å². The van der Waals surface area contributed by atoms with E-state index in [1.165, 1.54) is 0 Å². The Hall–Kier alpha value is -1.97. The second kappa shape index (κ2) is 5.83. The number of fused-ring (bicyclic) bond motifs is 3. The fraction of sp³-hybridized carbons (Fsp3) is 0.211. The van der Waals surface area contributed by atoms with Crippen LogP contribution in [0, 0.1) is 5.92 Å². The summed E-state index contributed by atoms with van der Waals surface area (Å²) in [6.07, 6.45) is 5.19. The maximum absolute atomic E-state index is 11.5. The van der Waals surface area contributed by atoms with Gasteiger partial charge in [0, 0.05) is 17.2 Å². The van der Waals surface area contributed by atoms with Gasteiger partial charge in [-0.2, -0.15) is 0 Å². The molecule has 1 aliphatic carbocycles. The molecule has 0 amide bonds. The van der Waals surface area contributed by atoms with Gasteiger partial charge in [0.2, 0.25) is 0 Å². The van der Waals surface area contributed by atoms with Crippen molar-refractivity contribution in [3.8, 4) is 0 Å². The van der Waals surface area contributed by atoms with Gasteiger partial charge in [0.15, 0.2) is 0 Å². The van der Waals surface area contributed by atoms with Crippen LogP contribution in [0.4, 0.5) is 5.69 Å². The summed E-state index contributed by atoms with van der Waals surface area (Å²) in [5.41, 5.74) is 2.67. The highest BCUT2D eigenvalue weighted by molar-refractivity contribution is 6.42. The highest BCUT2D eigenvalue weighted by Gasteiger charge is 2.39. The lowest BCUT2D eigenvalue weighted by atomic mass is 9.76. The fourth-order valence-corrected chi connectivity index (χ4v) is 4.29. The Morgan fingerprint density at radius 2 is 1.88 bits per heavy atom. The minimum absolute atomic E-state index is 0.107. The third kappa shape index (κ3) is 2.31. The van der Waals surface area contributed by atoms with E-state index in [1.54, 1.807) is 18.2 Å². The lowest BCUT2D eigenvalue weighted by Crippen LogP contribution is -2.32. The zero-order valence-corrected chi connectivity index (χ0v) is 14.1. The molecule has 0 saturated carbocycles. The summed E-state index contributed by atoms with van der Waals surface area (Å²) in [7, 11) is 0. The van der Waals surface area contributed by atoms with E-state index in [0.29, 0.717) is 15.7 Å². The minimum Gasteiger partial charge on any atom is -0.545 e. The molecule has 1 N–H and O–H groups in total. The van der Waals surface area contributed by atoms with Crippen LogP contribution in [0.3, 0.4) is 0 Å². The lowest BCUT2D eigenvalue weighted by molar-refractivity contribution is -0.254. The van der Waals surface area contributed by atoms with Crippen molar-refractivity contribution in [2.24, 2.45) is 5.92 Å². The standard InChI is InChI=1S/C19H15Cl2NO2/c20-15-9-3-7-13(16(15)21)17-11-5-1-4-10(11)12-6-2-8-14(19(23)24)18(12)22-17/h1-4,6-11,17,22H,5H2,(H,23,24)/p-1/t10-,11+,17+/m0/s1. The second-order valence-corrected chi connectivity index (χ2v) is 6.96. The number of halogens is 2. The SMILES string of the molecule is O=C([O-])c1cccc2c1N[C@@H](c1cccc(Cl)c1Cl)[C@@H]1CC=C[C@H]21. The summed E-state index contributed by atoms with van der Waals surface area (Å²) in [6.45, 7) is 0. The van der Waals surface area contributed by atoms with Crippen molar-refractivity contribution in [1.82, 2.24) is 0 Å². The van der Waals surface area contributed by atoms with E-state index >= 15 is 0 Å². The zero-order chi connectivity index (χ0) is 16.8. The molecule has 0 spiro atoms. The molecule has 0 saturated heterocycles. The number of allylic oxidation sites excluding steroid dienone is 2. The molecule has 2 aromatic carbocycles. The normalized spacial score (nSPS) is 24.2. The van der Waals surface area contributed by atoms with Crippen molar-refractivity contribution < 1.29 is 9.90 Å². The molecule has 0 fully saturated rings. The molecule has 0 unspecified atom stereocenters. The van der Waals surface area contributed by atoms with Crippen molar-refractivity contribution in [1.29, 1.82) is 0 Å². The van der Waals surface area contributed by atoms with Crippen LogP contribution in [0.15, 0.2) is 48.6 Å². The van der Waals surface area contributed by atoms with Crippen LogP contribution < -0.4 is 10.4 Å². The van der Waals surface area contributed by atoms with E-state index in [4.69, 9.17) is 23.2 Å². The van der Waals surface area contributed by atoms with Gasteiger partial charge in [-0.1, -0.05) is 65.7 Å². The molecule has 2 aromatic rings. The van der Waals surface area contributed by atoms with E-state index in [-0.39, 0.29) is 23.4 Å². The smallest absolute Gasteiger partial charge is 0.0736 e. The van der Waals surface area contributed by atoms with Gasteiger partial charge >= 0.3 is 0 Å². The van der Waals surface area contributed by atoms with Crippen LogP contribution in [0.1, 0.15) is 39.9 Å². The largest absolute Gasteiger partial charge is 0.545 e. The average Bonchev–Trinajstić information content (AvgIpc) is 3.06. The predicted octanol–water partition coefficient (Wildman–Crippen LogP) is 4.18. The molecule has 24 heavy (non-hydrogen) atoms. The van der Waals surface area contributed by atoms with Gasteiger partial charge in [-0.05, 0) is 29.5 Å². The van der Waals surface area contributed by atoms with Crippen molar-refractivity contribution in [3.63, 3.8) is 0 Å². The van der Waals surface area contributed by atoms with Crippen molar-refractivity contribution in [2.75, 3.05) is 5.32 Å². The number of aromatic carboxylic acids is 1. The molecule has 1 heterocycles. The number of carboxylic acids is 1. The maximum Gasteiger partial charge on any atom is 0.0736 e. The number of hydrogen-bond donors (Lipinski definition) is 1. The van der Waals surface area contributed by atoms with Gasteiger partial charge in [-0.15, -0.1) is 0 Å². The number of carbonyl (C=O) groups is 1. The van der Waals surface area contributed by atoms with E-state index < -0.39 is 5.97 Å². The summed E-state index contributed by atoms with van der Waals surface area (Å²) in [5.74, 6) is -0.762. The van der Waals surface area contributed by atoms with Crippen LogP contribution in [0.25, 0.3) is 0 Å². The highest BCUT2D eigenvalue weighted by Crippen LogP contribution is 2.51. The molecular weight excluding hydrogens is 345 g/mol. The Morgan fingerprint density at radius 1 is 1.12 bits per heavy atom. The number of anilines is 1. The second-order valence-electron chi connectivity index (χ2n) is 6.18. The number of benzene rings is 2. The van der Waals surface area contributed by atoms with E-state index in [1.807, 2.05) is 18.2 Å². The first-order valence-electron chi connectivity index (χ1n) is 7.79. The summed E-state index contributed by atoms with van der Waals surface area (Å²) < 4.78 is 0. The van der Waals surface area contributed by atoms with E-state index in [2.05, 4.69) is 17.5 Å². The third-order valence-electron chi connectivity index (χ3n) is 4.93. The van der Waals surface area contributed by atoms with Crippen LogP contribution >= 0.6 is 23.2 Å². The van der Waals surface area contributed by atoms with Gasteiger partial charge in [0.05, 0.1) is 22.1 Å². The molecule has 0 bridgehead atoms. The number of nitrogens with one attached hydrogen (secondary N) is 1. The maximum atomic E-state index is 11.5. The molecule has 122 valence electrons. The molecule has 0 radical (unpaired) electrons. The topological polar surface area (TPSA) is 52.2 Å². The first kappa shape index (κ1) is 15.6. The summed E-state index contributed by atoms with van der Waals surface area (Å²) >= 11 is 12.6. The summed E-state index contributed by atoms with van der Waals surface area (Å²) in [4.78, 5) is 11.5. The third-order valence-corrected chi connectivity index (χ3v) is 5.77. The molecule has 5 heteroatoms. The van der Waals surface area contributed by atoms with E-state index in [0.717, 1.165) is 17.5 Å². The van der Waals surface area contributed by atoms with Gasteiger partial charge in [-0.3, -0.25) is 0 Å². The molecule has 4 rings (SSSR count). The highest BCUT2D eigenvalue weighted by atomic mass is 35.5. The summed E-state index contributed by atoms with van der Waals surface area (Å²) in [6, 6.07) is 10.7. The van der Waals surface area contributed by atoms with Crippen LogP contribution in [0.5, 0.6) is 0 Å². The fourth-order valence-electron chi connectivity index (χ4n) is 3.86.